The van der Waals surface area contributed by atoms with Gasteiger partial charge in [0.25, 0.3) is 5.88 Å². The summed E-state index contributed by atoms with van der Waals surface area (Å²) in [6, 6.07) is 0. The zero-order valence-corrected chi connectivity index (χ0v) is 13.0. The maximum Gasteiger partial charge on any atom is 0.257 e. The Morgan fingerprint density at radius 1 is 1.14 bits per heavy atom. The van der Waals surface area contributed by atoms with Crippen molar-refractivity contribution in [2.45, 2.75) is 13.8 Å². The standard InChI is InChI=1S/C13H18N6OS/c1-3-20-12-11(14-4-5-15-12)18-6-8-19(9-7-18)13-16-10(2)17-21-13/h4-5H,3,6-9H2,1-2H3. The topological polar surface area (TPSA) is 67.3 Å². The summed E-state index contributed by atoms with van der Waals surface area (Å²) in [6.07, 6.45) is 3.37. The lowest BCUT2D eigenvalue weighted by molar-refractivity contribution is 0.325. The van der Waals surface area contributed by atoms with E-state index in [4.69, 9.17) is 4.74 Å². The van der Waals surface area contributed by atoms with Gasteiger partial charge in [-0.25, -0.2) is 15.0 Å². The molecule has 0 bridgehead atoms. The first-order valence-corrected chi connectivity index (χ1v) is 7.79. The van der Waals surface area contributed by atoms with Gasteiger partial charge in [-0.1, -0.05) is 0 Å². The third-order valence-corrected chi connectivity index (χ3v) is 4.16. The van der Waals surface area contributed by atoms with Crippen LogP contribution in [0.2, 0.25) is 0 Å². The number of rotatable bonds is 4. The van der Waals surface area contributed by atoms with Gasteiger partial charge >= 0.3 is 0 Å². The summed E-state index contributed by atoms with van der Waals surface area (Å²) in [5, 5.41) is 0.997. The largest absolute Gasteiger partial charge is 0.475 e. The first-order chi connectivity index (χ1) is 10.3. The van der Waals surface area contributed by atoms with Crippen LogP contribution in [0.4, 0.5) is 10.9 Å². The second kappa shape index (κ2) is 6.21. The second-order valence-corrected chi connectivity index (χ2v) is 5.45. The zero-order chi connectivity index (χ0) is 14.7. The predicted molar refractivity (Wildman–Crippen MR) is 82.3 cm³/mol. The number of nitrogens with zero attached hydrogens (tertiary/aromatic N) is 6. The van der Waals surface area contributed by atoms with Gasteiger partial charge in [0, 0.05) is 50.1 Å². The molecule has 1 fully saturated rings. The summed E-state index contributed by atoms with van der Waals surface area (Å²) in [6.45, 7) is 8.01. The van der Waals surface area contributed by atoms with E-state index < -0.39 is 0 Å². The van der Waals surface area contributed by atoms with Crippen LogP contribution in [0.1, 0.15) is 12.7 Å². The molecule has 7 nitrogen and oxygen atoms in total. The molecule has 0 aromatic carbocycles. The minimum atomic E-state index is 0.593. The summed E-state index contributed by atoms with van der Waals surface area (Å²) in [7, 11) is 0. The Labute approximate surface area is 127 Å². The Kier molecular flexibility index (Phi) is 4.14. The minimum absolute atomic E-state index is 0.593. The van der Waals surface area contributed by atoms with Gasteiger partial charge in [-0.2, -0.15) is 4.37 Å². The quantitative estimate of drug-likeness (QED) is 0.845. The van der Waals surface area contributed by atoms with Gasteiger partial charge in [0.15, 0.2) is 5.82 Å². The maximum absolute atomic E-state index is 5.56. The molecule has 1 saturated heterocycles. The van der Waals surface area contributed by atoms with Crippen molar-refractivity contribution in [2.75, 3.05) is 42.6 Å². The van der Waals surface area contributed by atoms with Crippen molar-refractivity contribution in [2.24, 2.45) is 0 Å². The highest BCUT2D eigenvalue weighted by Crippen LogP contribution is 2.25. The molecule has 0 atom stereocenters. The maximum atomic E-state index is 5.56. The number of piperazine rings is 1. The molecule has 1 aliphatic heterocycles. The molecule has 0 radical (unpaired) electrons. The van der Waals surface area contributed by atoms with E-state index >= 15 is 0 Å². The van der Waals surface area contributed by atoms with E-state index in [1.807, 2.05) is 13.8 Å². The first kappa shape index (κ1) is 14.0. The van der Waals surface area contributed by atoms with E-state index in [9.17, 15) is 0 Å². The molecule has 0 saturated carbocycles. The van der Waals surface area contributed by atoms with Gasteiger partial charge in [0.2, 0.25) is 5.13 Å². The highest BCUT2D eigenvalue weighted by molar-refractivity contribution is 7.09. The van der Waals surface area contributed by atoms with Crippen LogP contribution in [-0.2, 0) is 0 Å². The van der Waals surface area contributed by atoms with Crippen LogP contribution in [0.15, 0.2) is 12.4 Å². The van der Waals surface area contributed by atoms with E-state index in [-0.39, 0.29) is 0 Å². The van der Waals surface area contributed by atoms with Crippen molar-refractivity contribution in [3.8, 4) is 5.88 Å². The summed E-state index contributed by atoms with van der Waals surface area (Å²) in [4.78, 5) is 17.6. The Hall–Kier alpha value is -1.96. The number of aryl methyl sites for hydroxylation is 1. The zero-order valence-electron chi connectivity index (χ0n) is 12.2. The molecule has 21 heavy (non-hydrogen) atoms. The van der Waals surface area contributed by atoms with Crippen molar-refractivity contribution < 1.29 is 4.74 Å². The van der Waals surface area contributed by atoms with Gasteiger partial charge < -0.3 is 14.5 Å². The Balaban J connectivity index is 1.68. The Morgan fingerprint density at radius 3 is 2.52 bits per heavy atom. The van der Waals surface area contributed by atoms with Crippen LogP contribution >= 0.6 is 11.5 Å². The molecule has 112 valence electrons. The molecule has 0 N–H and O–H groups in total. The summed E-state index contributed by atoms with van der Waals surface area (Å²) in [5.74, 6) is 2.28. The number of ether oxygens (including phenoxy) is 1. The number of hydrogen-bond donors (Lipinski definition) is 0. The minimum Gasteiger partial charge on any atom is -0.475 e. The first-order valence-electron chi connectivity index (χ1n) is 7.02. The number of aromatic nitrogens is 4. The Morgan fingerprint density at radius 2 is 1.86 bits per heavy atom. The van der Waals surface area contributed by atoms with Gasteiger partial charge in [-0.3, -0.25) is 0 Å². The van der Waals surface area contributed by atoms with Crippen LogP contribution in [0.3, 0.4) is 0 Å². The van der Waals surface area contributed by atoms with Crippen LogP contribution in [0.25, 0.3) is 0 Å². The van der Waals surface area contributed by atoms with Gasteiger partial charge in [-0.15, -0.1) is 0 Å². The monoisotopic (exact) mass is 306 g/mol. The van der Waals surface area contributed by atoms with E-state index in [2.05, 4.69) is 29.1 Å². The van der Waals surface area contributed by atoms with Gasteiger partial charge in [0.05, 0.1) is 6.61 Å². The Bertz CT molecular complexity index is 596. The average molecular weight is 306 g/mol. The number of hydrogen-bond acceptors (Lipinski definition) is 8. The van der Waals surface area contributed by atoms with E-state index in [1.54, 1.807) is 12.4 Å². The molecule has 2 aromatic rings. The SMILES string of the molecule is CCOc1nccnc1N1CCN(c2nc(C)ns2)CC1. The molecule has 0 amide bonds. The lowest BCUT2D eigenvalue weighted by Gasteiger charge is -2.35. The third-order valence-electron chi connectivity index (χ3n) is 3.29. The van der Waals surface area contributed by atoms with Gasteiger partial charge in [-0.05, 0) is 13.8 Å². The third kappa shape index (κ3) is 3.05. The average Bonchev–Trinajstić information content (AvgIpc) is 2.95. The molecule has 0 aliphatic carbocycles. The van der Waals surface area contributed by atoms with E-state index in [0.29, 0.717) is 12.5 Å². The van der Waals surface area contributed by atoms with Gasteiger partial charge in [0.1, 0.15) is 5.82 Å². The fourth-order valence-electron chi connectivity index (χ4n) is 2.30. The van der Waals surface area contributed by atoms with Crippen molar-refractivity contribution in [3.05, 3.63) is 18.2 Å². The highest BCUT2D eigenvalue weighted by atomic mass is 32.1. The van der Waals surface area contributed by atoms with Crippen LogP contribution in [-0.4, -0.2) is 52.1 Å². The van der Waals surface area contributed by atoms with E-state index in [0.717, 1.165) is 43.0 Å². The molecule has 3 rings (SSSR count). The van der Waals surface area contributed by atoms with Crippen molar-refractivity contribution in [1.82, 2.24) is 19.3 Å². The predicted octanol–water partition coefficient (Wildman–Crippen LogP) is 1.36. The normalized spacial score (nSPS) is 15.3. The van der Waals surface area contributed by atoms with Crippen LogP contribution < -0.4 is 14.5 Å². The smallest absolute Gasteiger partial charge is 0.257 e. The molecule has 2 aromatic heterocycles. The molecule has 0 spiro atoms. The molecule has 1 aliphatic rings. The molecule has 8 heteroatoms. The number of anilines is 2. The van der Waals surface area contributed by atoms with E-state index in [1.165, 1.54) is 11.5 Å². The van der Waals surface area contributed by atoms with Crippen molar-refractivity contribution in [1.29, 1.82) is 0 Å². The van der Waals surface area contributed by atoms with Crippen LogP contribution in [0, 0.1) is 6.92 Å². The highest BCUT2D eigenvalue weighted by Gasteiger charge is 2.23. The molecule has 3 heterocycles. The summed E-state index contributed by atoms with van der Waals surface area (Å²) in [5.41, 5.74) is 0. The van der Waals surface area contributed by atoms with Crippen molar-refractivity contribution >= 4 is 22.5 Å². The molecular weight excluding hydrogens is 288 g/mol. The fourth-order valence-corrected chi connectivity index (χ4v) is 3.02. The lowest BCUT2D eigenvalue weighted by atomic mass is 10.3. The summed E-state index contributed by atoms with van der Waals surface area (Å²) < 4.78 is 9.80. The van der Waals surface area contributed by atoms with Crippen molar-refractivity contribution in [3.63, 3.8) is 0 Å². The molecule has 0 unspecified atom stereocenters. The molecular formula is C13H18N6OS. The lowest BCUT2D eigenvalue weighted by Crippen LogP contribution is -2.47. The summed E-state index contributed by atoms with van der Waals surface area (Å²) >= 11 is 1.46. The second-order valence-electron chi connectivity index (χ2n) is 4.72. The fraction of sp³-hybridized carbons (Fsp3) is 0.538. The van der Waals surface area contributed by atoms with Crippen LogP contribution in [0.5, 0.6) is 5.88 Å².